The Hall–Kier alpha value is -3.23. The van der Waals surface area contributed by atoms with E-state index >= 15 is 0 Å². The van der Waals surface area contributed by atoms with Gasteiger partial charge in [-0.1, -0.05) is 18.2 Å². The summed E-state index contributed by atoms with van der Waals surface area (Å²) in [5.74, 6) is 4.06. The van der Waals surface area contributed by atoms with E-state index in [0.29, 0.717) is 18.5 Å². The number of fused-ring (bicyclic) bond motifs is 1. The average Bonchev–Trinajstić information content (AvgIpc) is 3.50. The summed E-state index contributed by atoms with van der Waals surface area (Å²) in [7, 11) is 2.01. The lowest BCUT2D eigenvalue weighted by molar-refractivity contribution is 0.109. The Balaban J connectivity index is 0.00000320. The summed E-state index contributed by atoms with van der Waals surface area (Å²) in [6, 6.07) is 12.2. The summed E-state index contributed by atoms with van der Waals surface area (Å²) in [4.78, 5) is 11.8. The number of furan rings is 1. The molecule has 198 valence electrons. The fraction of sp³-hybridized carbons (Fsp3) is 0.429. The number of ether oxygens (including phenoxy) is 1. The molecule has 0 radical (unpaired) electrons. The topological polar surface area (TPSA) is 95.7 Å². The van der Waals surface area contributed by atoms with Crippen molar-refractivity contribution in [1.29, 1.82) is 0 Å². The second-order valence-electron chi connectivity index (χ2n) is 9.68. The molecular formula is C28H36ClN5O3. The molecule has 1 aliphatic heterocycles. The van der Waals surface area contributed by atoms with Crippen LogP contribution in [-0.4, -0.2) is 46.3 Å². The van der Waals surface area contributed by atoms with Gasteiger partial charge in [-0.2, -0.15) is 4.98 Å². The maximum atomic E-state index is 9.64. The number of halogens is 1. The van der Waals surface area contributed by atoms with E-state index in [1.54, 1.807) is 0 Å². The van der Waals surface area contributed by atoms with Crippen molar-refractivity contribution in [2.75, 3.05) is 30.9 Å². The molecule has 0 spiro atoms. The first-order chi connectivity index (χ1) is 17.5. The third kappa shape index (κ3) is 5.55. The molecule has 0 amide bonds. The van der Waals surface area contributed by atoms with Crippen LogP contribution in [0.1, 0.15) is 56.2 Å². The Bertz CT molecular complexity index is 1250. The number of hydrogen-bond acceptors (Lipinski definition) is 8. The van der Waals surface area contributed by atoms with Crippen LogP contribution in [0.15, 0.2) is 46.7 Å². The number of aromatic nitrogens is 2. The molecule has 2 aromatic heterocycles. The molecule has 3 N–H and O–H groups in total. The lowest BCUT2D eigenvalue weighted by Gasteiger charge is -2.30. The molecule has 3 aromatic rings. The smallest absolute Gasteiger partial charge is 0.229 e. The van der Waals surface area contributed by atoms with Gasteiger partial charge in [-0.25, -0.2) is 4.98 Å². The van der Waals surface area contributed by atoms with Crippen LogP contribution in [0.2, 0.25) is 0 Å². The van der Waals surface area contributed by atoms with Crippen molar-refractivity contribution in [3.05, 3.63) is 59.3 Å². The summed E-state index contributed by atoms with van der Waals surface area (Å²) in [5.41, 5.74) is 3.62. The van der Waals surface area contributed by atoms with Gasteiger partial charge in [0.25, 0.3) is 0 Å². The van der Waals surface area contributed by atoms with E-state index in [1.807, 2.05) is 57.3 Å². The van der Waals surface area contributed by atoms with Crippen molar-refractivity contribution in [1.82, 2.24) is 14.9 Å². The standard InChI is InChI=1S/C28H35N5O3.ClH/c1-5-35-24-15-20-14-23(36-26(20)18(3)33(24)4)25-17(2)29-28(31-21-9-7-6-8-10-21)32-27(25)30-22-12-11-19(13-22)16-34;/h6-10,14-15,18-19,22,34H,5,11-13,16H2,1-4H3,(H2,29,30,31,32);1H. The van der Waals surface area contributed by atoms with E-state index in [1.165, 1.54) is 0 Å². The Morgan fingerprint density at radius 3 is 2.68 bits per heavy atom. The van der Waals surface area contributed by atoms with Crippen LogP contribution >= 0.6 is 12.4 Å². The minimum absolute atomic E-state index is 0. The third-order valence-corrected chi connectivity index (χ3v) is 7.18. The predicted octanol–water partition coefficient (Wildman–Crippen LogP) is 6.12. The number of rotatable bonds is 8. The van der Waals surface area contributed by atoms with Gasteiger partial charge in [-0.05, 0) is 64.2 Å². The zero-order chi connectivity index (χ0) is 25.2. The Morgan fingerprint density at radius 2 is 1.97 bits per heavy atom. The van der Waals surface area contributed by atoms with Crippen LogP contribution < -0.4 is 10.6 Å². The number of nitrogens with zero attached hydrogens (tertiary/aromatic N) is 3. The molecule has 1 aromatic carbocycles. The van der Waals surface area contributed by atoms with E-state index in [-0.39, 0.29) is 31.1 Å². The maximum absolute atomic E-state index is 9.64. The van der Waals surface area contributed by atoms with Crippen molar-refractivity contribution in [3.8, 4) is 11.3 Å². The van der Waals surface area contributed by atoms with Gasteiger partial charge in [-0.3, -0.25) is 0 Å². The Morgan fingerprint density at radius 1 is 1.19 bits per heavy atom. The number of para-hydroxylation sites is 1. The first-order valence-corrected chi connectivity index (χ1v) is 12.8. The maximum Gasteiger partial charge on any atom is 0.229 e. The van der Waals surface area contributed by atoms with E-state index in [0.717, 1.165) is 65.0 Å². The number of anilines is 3. The van der Waals surface area contributed by atoms with E-state index in [2.05, 4.69) is 28.5 Å². The van der Waals surface area contributed by atoms with Crippen molar-refractivity contribution >= 4 is 35.9 Å². The molecule has 8 nitrogen and oxygen atoms in total. The summed E-state index contributed by atoms with van der Waals surface area (Å²) in [6.45, 7) is 6.92. The average molecular weight is 526 g/mol. The van der Waals surface area contributed by atoms with Gasteiger partial charge < -0.3 is 29.8 Å². The van der Waals surface area contributed by atoms with Gasteiger partial charge in [0.1, 0.15) is 17.3 Å². The van der Waals surface area contributed by atoms with Crippen molar-refractivity contribution in [3.63, 3.8) is 0 Å². The number of aryl methyl sites for hydroxylation is 1. The Labute approximate surface area is 224 Å². The molecule has 37 heavy (non-hydrogen) atoms. The first kappa shape index (κ1) is 26.8. The van der Waals surface area contributed by atoms with Crippen LogP contribution in [0.3, 0.4) is 0 Å². The monoisotopic (exact) mass is 525 g/mol. The largest absolute Gasteiger partial charge is 0.479 e. The zero-order valence-corrected chi connectivity index (χ0v) is 22.6. The molecule has 1 aliphatic carbocycles. The van der Waals surface area contributed by atoms with Gasteiger partial charge in [0, 0.05) is 37.0 Å². The van der Waals surface area contributed by atoms with Gasteiger partial charge >= 0.3 is 0 Å². The molecular weight excluding hydrogens is 490 g/mol. The van der Waals surface area contributed by atoms with Crippen molar-refractivity contribution in [2.24, 2.45) is 5.92 Å². The molecule has 3 unspecified atom stereocenters. The summed E-state index contributed by atoms with van der Waals surface area (Å²) in [6.07, 6.45) is 4.94. The van der Waals surface area contributed by atoms with E-state index in [9.17, 15) is 5.11 Å². The first-order valence-electron chi connectivity index (χ1n) is 12.8. The van der Waals surface area contributed by atoms with Gasteiger partial charge in [0.05, 0.1) is 23.9 Å². The van der Waals surface area contributed by atoms with Gasteiger partial charge in [0.15, 0.2) is 5.88 Å². The molecule has 0 saturated heterocycles. The lowest BCUT2D eigenvalue weighted by Crippen LogP contribution is -2.26. The molecule has 9 heteroatoms. The van der Waals surface area contributed by atoms with Gasteiger partial charge in [-0.15, -0.1) is 12.4 Å². The van der Waals surface area contributed by atoms with Crippen LogP contribution in [0.4, 0.5) is 17.5 Å². The Kier molecular flexibility index (Phi) is 8.29. The molecule has 2 aliphatic rings. The lowest BCUT2D eigenvalue weighted by atomic mass is 10.1. The quantitative estimate of drug-likeness (QED) is 0.323. The number of nitrogens with one attached hydrogen (secondary N) is 2. The fourth-order valence-electron chi connectivity index (χ4n) is 5.12. The molecule has 1 saturated carbocycles. The third-order valence-electron chi connectivity index (χ3n) is 7.18. The molecule has 5 rings (SSSR count). The number of aliphatic hydroxyl groups is 1. The van der Waals surface area contributed by atoms with E-state index in [4.69, 9.17) is 19.1 Å². The minimum atomic E-state index is 0. The SMILES string of the molecule is CCOC1=Cc2cc(-c3c(C)nc(Nc4ccccc4)nc3NC3CCC(CO)C3)oc2C(C)N1C.Cl. The highest BCUT2D eigenvalue weighted by Crippen LogP contribution is 2.41. The van der Waals surface area contributed by atoms with Crippen molar-refractivity contribution in [2.45, 2.75) is 52.1 Å². The van der Waals surface area contributed by atoms with Crippen LogP contribution in [0, 0.1) is 12.8 Å². The molecule has 1 fully saturated rings. The summed E-state index contributed by atoms with van der Waals surface area (Å²) < 4.78 is 12.3. The van der Waals surface area contributed by atoms with Crippen molar-refractivity contribution < 1.29 is 14.3 Å². The van der Waals surface area contributed by atoms with Crippen LogP contribution in [0.25, 0.3) is 17.4 Å². The molecule has 0 bridgehead atoms. The summed E-state index contributed by atoms with van der Waals surface area (Å²) >= 11 is 0. The number of benzene rings is 1. The highest BCUT2D eigenvalue weighted by Gasteiger charge is 2.30. The second kappa shape index (κ2) is 11.4. The van der Waals surface area contributed by atoms with E-state index < -0.39 is 0 Å². The molecule has 3 heterocycles. The normalized spacial score (nSPS) is 20.6. The summed E-state index contributed by atoms with van der Waals surface area (Å²) in [5, 5.41) is 16.6. The van der Waals surface area contributed by atoms with Crippen LogP contribution in [-0.2, 0) is 4.74 Å². The highest BCUT2D eigenvalue weighted by molar-refractivity contribution is 5.85. The fourth-order valence-corrected chi connectivity index (χ4v) is 5.12. The van der Waals surface area contributed by atoms with Gasteiger partial charge in [0.2, 0.25) is 5.95 Å². The molecule has 3 atom stereocenters. The zero-order valence-electron chi connectivity index (χ0n) is 21.8. The second-order valence-corrected chi connectivity index (χ2v) is 9.68. The predicted molar refractivity (Wildman–Crippen MR) is 149 cm³/mol. The van der Waals surface area contributed by atoms with Crippen LogP contribution in [0.5, 0.6) is 0 Å². The highest BCUT2D eigenvalue weighted by atomic mass is 35.5. The minimum Gasteiger partial charge on any atom is -0.479 e. The number of hydrogen-bond donors (Lipinski definition) is 3. The number of aliphatic hydroxyl groups excluding tert-OH is 1.